The molecular weight excluding hydrogens is 373 g/mol. The lowest BCUT2D eigenvalue weighted by molar-refractivity contribution is -0.870. The standard InChI is InChI=1S/C22H48NO4P/c1-5-6-7-8-9-10-11-12-13-14-15-16-17-18-21-26-28(24,25)27-22-19-20-23(2,3)4/h5-22H2,1-4H3. The highest BCUT2D eigenvalue weighted by atomic mass is 31.2. The van der Waals surface area contributed by atoms with Crippen molar-refractivity contribution < 1.29 is 23.0 Å². The number of quaternary nitrogens is 1. The molecule has 0 aromatic heterocycles. The van der Waals surface area contributed by atoms with E-state index in [-0.39, 0.29) is 13.2 Å². The summed E-state index contributed by atoms with van der Waals surface area (Å²) in [7, 11) is 2.10. The molecule has 0 saturated heterocycles. The molecule has 0 saturated carbocycles. The molecule has 0 radical (unpaired) electrons. The van der Waals surface area contributed by atoms with Gasteiger partial charge in [-0.2, -0.15) is 0 Å². The Morgan fingerprint density at radius 1 is 0.643 bits per heavy atom. The van der Waals surface area contributed by atoms with Gasteiger partial charge >= 0.3 is 0 Å². The number of hydrogen-bond donors (Lipinski definition) is 0. The van der Waals surface area contributed by atoms with Gasteiger partial charge in [0.15, 0.2) is 0 Å². The van der Waals surface area contributed by atoms with Crippen molar-refractivity contribution in [3.63, 3.8) is 0 Å². The van der Waals surface area contributed by atoms with E-state index in [1.54, 1.807) is 0 Å². The van der Waals surface area contributed by atoms with Crippen LogP contribution in [0.15, 0.2) is 0 Å². The molecule has 0 aliphatic heterocycles. The molecule has 0 fully saturated rings. The van der Waals surface area contributed by atoms with Crippen LogP contribution in [0.3, 0.4) is 0 Å². The van der Waals surface area contributed by atoms with Gasteiger partial charge in [-0.3, -0.25) is 4.57 Å². The maximum Gasteiger partial charge on any atom is 0.267 e. The number of unbranched alkanes of at least 4 members (excludes halogenated alkanes) is 13. The lowest BCUT2D eigenvalue weighted by atomic mass is 10.0. The van der Waals surface area contributed by atoms with Crippen molar-refractivity contribution in [3.8, 4) is 0 Å². The summed E-state index contributed by atoms with van der Waals surface area (Å²) in [5.41, 5.74) is 0. The lowest BCUT2D eigenvalue weighted by Crippen LogP contribution is -2.35. The zero-order valence-electron chi connectivity index (χ0n) is 19.3. The van der Waals surface area contributed by atoms with E-state index in [9.17, 15) is 9.46 Å². The smallest absolute Gasteiger partial charge is 0.267 e. The van der Waals surface area contributed by atoms with E-state index in [1.807, 2.05) is 0 Å². The van der Waals surface area contributed by atoms with Crippen LogP contribution >= 0.6 is 7.82 Å². The minimum atomic E-state index is -4.12. The summed E-state index contributed by atoms with van der Waals surface area (Å²) in [5, 5.41) is 0. The molecule has 0 rings (SSSR count). The van der Waals surface area contributed by atoms with Crippen LogP contribution in [0.2, 0.25) is 0 Å². The first-order valence-corrected chi connectivity index (χ1v) is 13.1. The number of nitrogens with zero attached hydrogens (tertiary/aromatic N) is 1. The fourth-order valence-corrected chi connectivity index (χ4v) is 4.01. The zero-order valence-corrected chi connectivity index (χ0v) is 20.1. The fourth-order valence-electron chi connectivity index (χ4n) is 3.23. The van der Waals surface area contributed by atoms with Gasteiger partial charge < -0.3 is 18.4 Å². The first kappa shape index (κ1) is 28.1. The molecule has 170 valence electrons. The maximum absolute atomic E-state index is 11.7. The van der Waals surface area contributed by atoms with Gasteiger partial charge in [-0.25, -0.2) is 0 Å². The molecule has 0 spiro atoms. The van der Waals surface area contributed by atoms with Crippen LogP contribution in [-0.2, 0) is 13.6 Å². The van der Waals surface area contributed by atoms with Crippen molar-refractivity contribution >= 4 is 7.82 Å². The van der Waals surface area contributed by atoms with Gasteiger partial charge in [-0.1, -0.05) is 90.4 Å². The van der Waals surface area contributed by atoms with E-state index < -0.39 is 7.82 Å². The highest BCUT2D eigenvalue weighted by molar-refractivity contribution is 7.45. The van der Waals surface area contributed by atoms with Gasteiger partial charge in [0.25, 0.3) is 7.82 Å². The Morgan fingerprint density at radius 2 is 1.00 bits per heavy atom. The molecule has 0 bridgehead atoms. The summed E-state index contributed by atoms with van der Waals surface area (Å²) in [4.78, 5) is 11.7. The Morgan fingerprint density at radius 3 is 1.39 bits per heavy atom. The first-order chi connectivity index (χ1) is 13.3. The van der Waals surface area contributed by atoms with Gasteiger partial charge in [0.05, 0.1) is 40.9 Å². The summed E-state index contributed by atoms with van der Waals surface area (Å²) in [6.45, 7) is 3.58. The molecule has 0 aromatic rings. The van der Waals surface area contributed by atoms with Crippen molar-refractivity contribution in [2.45, 2.75) is 103 Å². The van der Waals surface area contributed by atoms with Crippen LogP contribution in [0.1, 0.15) is 103 Å². The minimum absolute atomic E-state index is 0.203. The third-order valence-corrected chi connectivity index (χ3v) is 5.97. The van der Waals surface area contributed by atoms with Crippen LogP contribution in [0.4, 0.5) is 0 Å². The van der Waals surface area contributed by atoms with Gasteiger partial charge in [0.1, 0.15) is 0 Å². The minimum Gasteiger partial charge on any atom is -0.756 e. The molecular formula is C22H48NO4P. The molecule has 0 aliphatic carbocycles. The second-order valence-corrected chi connectivity index (χ2v) is 10.5. The van der Waals surface area contributed by atoms with Gasteiger partial charge in [-0.15, -0.1) is 0 Å². The van der Waals surface area contributed by atoms with E-state index in [2.05, 4.69) is 28.1 Å². The second kappa shape index (κ2) is 17.9. The topological polar surface area (TPSA) is 58.6 Å². The SMILES string of the molecule is CCCCCCCCCCCCCCCCOP(=O)([O-])OCCC[N+](C)(C)C. The second-order valence-electron chi connectivity index (χ2n) is 9.08. The molecule has 0 aliphatic rings. The number of hydrogen-bond acceptors (Lipinski definition) is 4. The maximum atomic E-state index is 11.7. The quantitative estimate of drug-likeness (QED) is 0.128. The van der Waals surface area contributed by atoms with Crippen LogP contribution in [0, 0.1) is 0 Å². The summed E-state index contributed by atoms with van der Waals surface area (Å²) < 4.78 is 22.3. The average molecular weight is 422 g/mol. The molecule has 28 heavy (non-hydrogen) atoms. The van der Waals surface area contributed by atoms with Gasteiger partial charge in [0, 0.05) is 6.42 Å². The van der Waals surface area contributed by atoms with E-state index in [0.29, 0.717) is 6.42 Å². The molecule has 1 unspecified atom stereocenters. The van der Waals surface area contributed by atoms with Gasteiger partial charge in [0.2, 0.25) is 0 Å². The molecule has 6 heteroatoms. The first-order valence-electron chi connectivity index (χ1n) is 11.7. The third kappa shape index (κ3) is 22.4. The van der Waals surface area contributed by atoms with Crippen LogP contribution in [-0.4, -0.2) is 45.4 Å². The van der Waals surface area contributed by atoms with E-state index in [0.717, 1.165) is 30.3 Å². The third-order valence-electron chi connectivity index (χ3n) is 4.97. The molecule has 0 aromatic carbocycles. The Kier molecular flexibility index (Phi) is 17.9. The monoisotopic (exact) mass is 421 g/mol. The largest absolute Gasteiger partial charge is 0.756 e. The van der Waals surface area contributed by atoms with Crippen molar-refractivity contribution in [1.29, 1.82) is 0 Å². The molecule has 5 nitrogen and oxygen atoms in total. The lowest BCUT2D eigenvalue weighted by Gasteiger charge is -2.26. The molecule has 0 N–H and O–H groups in total. The summed E-state index contributed by atoms with van der Waals surface area (Å²) in [5.74, 6) is 0. The van der Waals surface area contributed by atoms with E-state index in [1.165, 1.54) is 70.6 Å². The highest BCUT2D eigenvalue weighted by Gasteiger charge is 2.11. The van der Waals surface area contributed by atoms with Crippen LogP contribution in [0.5, 0.6) is 0 Å². The predicted molar refractivity (Wildman–Crippen MR) is 117 cm³/mol. The Labute approximate surface area is 175 Å². The fraction of sp³-hybridized carbons (Fsp3) is 1.00. The summed E-state index contributed by atoms with van der Waals surface area (Å²) in [6, 6.07) is 0. The number of phosphoric acid groups is 1. The summed E-state index contributed by atoms with van der Waals surface area (Å²) >= 11 is 0. The average Bonchev–Trinajstić information content (AvgIpc) is 2.61. The Balaban J connectivity index is 3.32. The molecule has 0 amide bonds. The number of phosphoric ester groups is 1. The van der Waals surface area contributed by atoms with Crippen LogP contribution in [0.25, 0.3) is 0 Å². The Bertz CT molecular complexity index is 385. The van der Waals surface area contributed by atoms with Crippen molar-refractivity contribution in [1.82, 2.24) is 0 Å². The highest BCUT2D eigenvalue weighted by Crippen LogP contribution is 2.38. The summed E-state index contributed by atoms with van der Waals surface area (Å²) in [6.07, 6.45) is 18.6. The zero-order chi connectivity index (χ0) is 21.1. The molecule has 0 heterocycles. The van der Waals surface area contributed by atoms with Crippen molar-refractivity contribution in [2.75, 3.05) is 40.9 Å². The van der Waals surface area contributed by atoms with E-state index in [4.69, 9.17) is 9.05 Å². The Hall–Kier alpha value is 0.0700. The predicted octanol–water partition coefficient (Wildman–Crippen LogP) is 6.07. The van der Waals surface area contributed by atoms with Crippen molar-refractivity contribution in [2.24, 2.45) is 0 Å². The van der Waals surface area contributed by atoms with E-state index >= 15 is 0 Å². The van der Waals surface area contributed by atoms with Gasteiger partial charge in [-0.05, 0) is 6.42 Å². The normalized spacial score (nSPS) is 14.3. The van der Waals surface area contributed by atoms with Crippen molar-refractivity contribution in [3.05, 3.63) is 0 Å². The number of rotatable bonds is 21. The van der Waals surface area contributed by atoms with Crippen LogP contribution < -0.4 is 4.89 Å². The molecule has 1 atom stereocenters.